The number of nitrogens with zero attached hydrogens (tertiary/aromatic N) is 1. The lowest BCUT2D eigenvalue weighted by atomic mass is 10.1. The van der Waals surface area contributed by atoms with E-state index in [9.17, 15) is 17.6 Å². The Kier molecular flexibility index (Phi) is 4.57. The van der Waals surface area contributed by atoms with Gasteiger partial charge in [-0.3, -0.25) is 9.52 Å². The number of hydrogen-bond donors (Lipinski definition) is 1. The topological polar surface area (TPSA) is 75.7 Å². The first-order valence-corrected chi connectivity index (χ1v) is 9.14. The average Bonchev–Trinajstić information content (AvgIpc) is 2.69. The van der Waals surface area contributed by atoms with Crippen LogP contribution in [0, 0.1) is 5.82 Å². The zero-order chi connectivity index (χ0) is 18.2. The normalized spacial score (nSPS) is 14.5. The smallest absolute Gasteiger partial charge is 0.261 e. The monoisotopic (exact) mass is 384 g/mol. The number of rotatable bonds is 3. The van der Waals surface area contributed by atoms with Crippen LogP contribution in [0.25, 0.3) is 0 Å². The molecule has 0 unspecified atom stereocenters. The van der Waals surface area contributed by atoms with Crippen molar-refractivity contribution in [2.45, 2.75) is 4.90 Å². The molecule has 0 fully saturated rings. The van der Waals surface area contributed by atoms with Crippen LogP contribution in [0.3, 0.4) is 0 Å². The molecule has 1 aliphatic heterocycles. The largest absolute Gasteiger partial charge is 0.491 e. The van der Waals surface area contributed by atoms with Gasteiger partial charge >= 0.3 is 0 Å². The molecule has 2 aromatic carbocycles. The van der Waals surface area contributed by atoms with Gasteiger partial charge in [0.2, 0.25) is 0 Å². The van der Waals surface area contributed by atoms with E-state index in [1.54, 1.807) is 7.05 Å². The van der Waals surface area contributed by atoms with Crippen molar-refractivity contribution >= 4 is 33.2 Å². The summed E-state index contributed by atoms with van der Waals surface area (Å²) in [6.07, 6.45) is 0. The minimum atomic E-state index is -3.99. The number of likely N-dealkylation sites (N-methyl/N-ethyl adjacent to an activating group) is 1. The highest BCUT2D eigenvalue weighted by atomic mass is 35.5. The first kappa shape index (κ1) is 17.5. The summed E-state index contributed by atoms with van der Waals surface area (Å²) in [5, 5.41) is -0.296. The maximum absolute atomic E-state index is 13.2. The van der Waals surface area contributed by atoms with E-state index in [0.29, 0.717) is 18.9 Å². The number of nitrogens with one attached hydrogen (secondary N) is 1. The van der Waals surface area contributed by atoms with Gasteiger partial charge in [-0.05, 0) is 36.4 Å². The first-order valence-electron chi connectivity index (χ1n) is 7.28. The lowest BCUT2D eigenvalue weighted by molar-refractivity contribution is 0.0796. The third-order valence-corrected chi connectivity index (χ3v) is 5.36. The van der Waals surface area contributed by atoms with Crippen molar-refractivity contribution < 1.29 is 22.3 Å². The molecule has 9 heteroatoms. The molecule has 0 atom stereocenters. The zero-order valence-corrected chi connectivity index (χ0v) is 14.7. The Morgan fingerprint density at radius 2 is 2.00 bits per heavy atom. The Balaban J connectivity index is 1.94. The second-order valence-electron chi connectivity index (χ2n) is 5.47. The highest BCUT2D eigenvalue weighted by Crippen LogP contribution is 2.28. The van der Waals surface area contributed by atoms with Gasteiger partial charge in [0.25, 0.3) is 15.9 Å². The number of hydrogen-bond acceptors (Lipinski definition) is 4. The highest BCUT2D eigenvalue weighted by molar-refractivity contribution is 7.92. The third kappa shape index (κ3) is 3.54. The molecule has 0 saturated heterocycles. The number of halogens is 2. The average molecular weight is 385 g/mol. The molecule has 1 aliphatic rings. The van der Waals surface area contributed by atoms with Gasteiger partial charge in [-0.1, -0.05) is 11.6 Å². The first-order chi connectivity index (χ1) is 11.8. The summed E-state index contributed by atoms with van der Waals surface area (Å²) >= 11 is 5.64. The van der Waals surface area contributed by atoms with E-state index in [1.165, 1.54) is 23.1 Å². The standard InChI is InChI=1S/C16H14ClFN2O4S/c1-20-6-7-24-15-5-2-10(8-12(15)16(20)21)19-25(22,23)11-3-4-14(18)13(17)9-11/h2-5,8-9,19H,6-7H2,1H3. The van der Waals surface area contributed by atoms with Gasteiger partial charge in [-0.15, -0.1) is 0 Å². The van der Waals surface area contributed by atoms with Gasteiger partial charge in [-0.2, -0.15) is 0 Å². The fourth-order valence-corrected chi connectivity index (χ4v) is 3.66. The molecule has 0 aromatic heterocycles. The van der Waals surface area contributed by atoms with E-state index < -0.39 is 15.8 Å². The molecule has 0 bridgehead atoms. The molecule has 0 aliphatic carbocycles. The lowest BCUT2D eigenvalue weighted by Crippen LogP contribution is -2.27. The molecule has 0 radical (unpaired) electrons. The van der Waals surface area contributed by atoms with Crippen LogP contribution in [-0.4, -0.2) is 39.4 Å². The van der Waals surface area contributed by atoms with Crippen LogP contribution in [0.4, 0.5) is 10.1 Å². The molecule has 1 N–H and O–H groups in total. The second-order valence-corrected chi connectivity index (χ2v) is 7.56. The summed E-state index contributed by atoms with van der Waals surface area (Å²) in [4.78, 5) is 13.6. The van der Waals surface area contributed by atoms with Crippen LogP contribution in [0.1, 0.15) is 10.4 Å². The van der Waals surface area contributed by atoms with Crippen molar-refractivity contribution in [2.75, 3.05) is 24.9 Å². The molecule has 0 spiro atoms. The summed E-state index contributed by atoms with van der Waals surface area (Å²) in [6, 6.07) is 7.52. The number of ether oxygens (including phenoxy) is 1. The van der Waals surface area contributed by atoms with Crippen LogP contribution >= 0.6 is 11.6 Å². The van der Waals surface area contributed by atoms with Gasteiger partial charge in [0, 0.05) is 12.7 Å². The molecule has 1 amide bonds. The van der Waals surface area contributed by atoms with Gasteiger partial charge < -0.3 is 9.64 Å². The number of amides is 1. The molecule has 3 rings (SSSR count). The molecule has 1 heterocycles. The van der Waals surface area contributed by atoms with Crippen molar-refractivity contribution in [1.29, 1.82) is 0 Å². The highest BCUT2D eigenvalue weighted by Gasteiger charge is 2.23. The number of carbonyl (C=O) groups is 1. The zero-order valence-electron chi connectivity index (χ0n) is 13.1. The van der Waals surface area contributed by atoms with Crippen LogP contribution < -0.4 is 9.46 Å². The maximum Gasteiger partial charge on any atom is 0.261 e. The van der Waals surface area contributed by atoms with E-state index in [0.717, 1.165) is 18.2 Å². The van der Waals surface area contributed by atoms with E-state index in [1.807, 2.05) is 0 Å². The van der Waals surface area contributed by atoms with Crippen molar-refractivity contribution in [3.8, 4) is 5.75 Å². The lowest BCUT2D eigenvalue weighted by Gasteiger charge is -2.14. The van der Waals surface area contributed by atoms with Crippen molar-refractivity contribution in [2.24, 2.45) is 0 Å². The van der Waals surface area contributed by atoms with E-state index in [4.69, 9.17) is 16.3 Å². The Morgan fingerprint density at radius 3 is 2.72 bits per heavy atom. The number of sulfonamides is 1. The number of fused-ring (bicyclic) bond motifs is 1. The second kappa shape index (κ2) is 6.53. The molecular formula is C16H14ClFN2O4S. The molecule has 0 saturated carbocycles. The van der Waals surface area contributed by atoms with E-state index >= 15 is 0 Å². The SMILES string of the molecule is CN1CCOc2ccc(NS(=O)(=O)c3ccc(F)c(Cl)c3)cc2C1=O. The maximum atomic E-state index is 13.2. The summed E-state index contributed by atoms with van der Waals surface area (Å²) in [5.41, 5.74) is 0.448. The van der Waals surface area contributed by atoms with Crippen LogP contribution in [-0.2, 0) is 10.0 Å². The number of benzene rings is 2. The molecule has 25 heavy (non-hydrogen) atoms. The fourth-order valence-electron chi connectivity index (χ4n) is 2.34. The van der Waals surface area contributed by atoms with Crippen LogP contribution in [0.5, 0.6) is 5.75 Å². The van der Waals surface area contributed by atoms with Crippen molar-refractivity contribution in [1.82, 2.24) is 4.90 Å². The minimum Gasteiger partial charge on any atom is -0.491 e. The van der Waals surface area contributed by atoms with E-state index in [2.05, 4.69) is 4.72 Å². The third-order valence-electron chi connectivity index (χ3n) is 3.69. The summed E-state index contributed by atoms with van der Waals surface area (Å²) in [7, 11) is -2.35. The predicted octanol–water partition coefficient (Wildman–Crippen LogP) is 2.74. The van der Waals surface area contributed by atoms with E-state index in [-0.39, 0.29) is 27.1 Å². The van der Waals surface area contributed by atoms with Gasteiger partial charge in [-0.25, -0.2) is 12.8 Å². The van der Waals surface area contributed by atoms with Gasteiger partial charge in [0.05, 0.1) is 22.0 Å². The molecule has 132 valence electrons. The Hall–Kier alpha value is -2.32. The molecule has 6 nitrogen and oxygen atoms in total. The van der Waals surface area contributed by atoms with Crippen molar-refractivity contribution in [3.05, 3.63) is 52.8 Å². The fraction of sp³-hybridized carbons (Fsp3) is 0.188. The number of carbonyl (C=O) groups excluding carboxylic acids is 1. The Morgan fingerprint density at radius 1 is 1.24 bits per heavy atom. The van der Waals surface area contributed by atoms with Crippen LogP contribution in [0.15, 0.2) is 41.3 Å². The van der Waals surface area contributed by atoms with Crippen molar-refractivity contribution in [3.63, 3.8) is 0 Å². The summed E-state index contributed by atoms with van der Waals surface area (Å²) < 4.78 is 45.9. The molecule has 2 aromatic rings. The Labute approximate surface area is 149 Å². The predicted molar refractivity (Wildman–Crippen MR) is 91.1 cm³/mol. The summed E-state index contributed by atoms with van der Waals surface area (Å²) in [5.74, 6) is -0.586. The van der Waals surface area contributed by atoms with Crippen LogP contribution in [0.2, 0.25) is 5.02 Å². The summed E-state index contributed by atoms with van der Waals surface area (Å²) in [6.45, 7) is 0.789. The molecular weight excluding hydrogens is 371 g/mol. The van der Waals surface area contributed by atoms with Gasteiger partial charge in [0.1, 0.15) is 18.2 Å². The quantitative estimate of drug-likeness (QED) is 0.882. The minimum absolute atomic E-state index is 0.187. The number of anilines is 1. The van der Waals surface area contributed by atoms with Gasteiger partial charge in [0.15, 0.2) is 0 Å². The Bertz CT molecular complexity index is 949.